The van der Waals surface area contributed by atoms with Crippen LogP contribution in [0.2, 0.25) is 0 Å². The second-order valence-electron chi connectivity index (χ2n) is 11.2. The Labute approximate surface area is 234 Å². The van der Waals surface area contributed by atoms with E-state index in [-0.39, 0.29) is 0 Å². The van der Waals surface area contributed by atoms with Crippen molar-refractivity contribution in [2.24, 2.45) is 0 Å². The summed E-state index contributed by atoms with van der Waals surface area (Å²) in [6, 6.07) is 18.6. The van der Waals surface area contributed by atoms with Gasteiger partial charge in [-0.15, -0.1) is 0 Å². The predicted molar refractivity (Wildman–Crippen MR) is 157 cm³/mol. The fourth-order valence-corrected chi connectivity index (χ4v) is 7.38. The van der Waals surface area contributed by atoms with Crippen molar-refractivity contribution in [2.75, 3.05) is 21.3 Å². The fourth-order valence-electron chi connectivity index (χ4n) is 7.38. The summed E-state index contributed by atoms with van der Waals surface area (Å²) in [6.45, 7) is 2.27. The van der Waals surface area contributed by atoms with Crippen molar-refractivity contribution >= 4 is 0 Å². The summed E-state index contributed by atoms with van der Waals surface area (Å²) < 4.78 is 17.7. The molecule has 0 heterocycles. The van der Waals surface area contributed by atoms with E-state index >= 15 is 0 Å². The maximum atomic E-state index is 12.9. The van der Waals surface area contributed by atoms with Gasteiger partial charge in [0.25, 0.3) is 0 Å². The second kappa shape index (κ2) is 11.6. The van der Waals surface area contributed by atoms with Gasteiger partial charge in [0.15, 0.2) is 5.60 Å². The molecule has 3 aliphatic carbocycles. The van der Waals surface area contributed by atoms with Gasteiger partial charge in [0, 0.05) is 22.1 Å². The van der Waals surface area contributed by atoms with Gasteiger partial charge in [-0.05, 0) is 41.3 Å². The normalized spacial score (nSPS) is 20.2. The van der Waals surface area contributed by atoms with E-state index in [1.165, 1.54) is 57.8 Å². The van der Waals surface area contributed by atoms with Crippen LogP contribution in [0.1, 0.15) is 111 Å². The van der Waals surface area contributed by atoms with Crippen LogP contribution < -0.4 is 14.2 Å². The summed E-state index contributed by atoms with van der Waals surface area (Å²) in [5.74, 6) is 2.07. The molecule has 0 spiro atoms. The highest BCUT2D eigenvalue weighted by Gasteiger charge is 2.61. The summed E-state index contributed by atoms with van der Waals surface area (Å²) in [4.78, 5) is 0. The van der Waals surface area contributed by atoms with Gasteiger partial charge >= 0.3 is 0 Å². The number of methoxy groups -OCH3 is 3. The standard InChI is InChI=1S/C35H44O4/c1-5-6-7-8-9-10-11-12-13-14-24-34-25-18-15-21-28(37-2)31(25)35(36,32-26(34)19-16-22-29(32)38-3)33-27(34)20-17-23-30(33)39-4/h15-23,36H,5-14,24H2,1-4H3. The minimum absolute atomic E-state index is 0.428. The highest BCUT2D eigenvalue weighted by atomic mass is 16.5. The zero-order chi connectivity index (χ0) is 27.5. The molecule has 0 radical (unpaired) electrons. The molecule has 0 unspecified atom stereocenters. The Morgan fingerprint density at radius 3 is 1.26 bits per heavy atom. The zero-order valence-corrected chi connectivity index (χ0v) is 24.1. The molecule has 0 atom stereocenters. The molecule has 4 nitrogen and oxygen atoms in total. The number of hydrogen-bond acceptors (Lipinski definition) is 4. The van der Waals surface area contributed by atoms with Crippen molar-refractivity contribution in [2.45, 2.75) is 88.6 Å². The molecule has 3 aromatic rings. The molecule has 0 amide bonds. The average molecular weight is 529 g/mol. The molecule has 1 N–H and O–H groups in total. The highest BCUT2D eigenvalue weighted by molar-refractivity contribution is 5.79. The van der Waals surface area contributed by atoms with Crippen LogP contribution in [0.25, 0.3) is 0 Å². The minimum atomic E-state index is -1.45. The summed E-state index contributed by atoms with van der Waals surface area (Å²) >= 11 is 0. The minimum Gasteiger partial charge on any atom is -0.496 e. The molecule has 208 valence electrons. The first-order valence-corrected chi connectivity index (χ1v) is 14.9. The maximum absolute atomic E-state index is 12.9. The molecule has 3 aromatic carbocycles. The molecule has 6 rings (SSSR count). The van der Waals surface area contributed by atoms with Crippen LogP contribution in [-0.4, -0.2) is 26.4 Å². The molecule has 2 bridgehead atoms. The maximum Gasteiger partial charge on any atom is 0.152 e. The van der Waals surface area contributed by atoms with Crippen molar-refractivity contribution in [3.05, 3.63) is 88.0 Å². The molecular formula is C35H44O4. The van der Waals surface area contributed by atoms with Crippen molar-refractivity contribution in [1.82, 2.24) is 0 Å². The van der Waals surface area contributed by atoms with Gasteiger partial charge in [-0.25, -0.2) is 0 Å². The Morgan fingerprint density at radius 1 is 0.538 bits per heavy atom. The number of benzene rings is 3. The summed E-state index contributed by atoms with van der Waals surface area (Å²) in [5, 5.41) is 12.9. The molecular weight excluding hydrogens is 484 g/mol. The summed E-state index contributed by atoms with van der Waals surface area (Å²) in [7, 11) is 5.05. The van der Waals surface area contributed by atoms with Gasteiger partial charge in [0.1, 0.15) is 17.2 Å². The van der Waals surface area contributed by atoms with E-state index in [4.69, 9.17) is 14.2 Å². The van der Waals surface area contributed by atoms with Crippen molar-refractivity contribution in [3.63, 3.8) is 0 Å². The molecule has 4 heteroatoms. The van der Waals surface area contributed by atoms with Gasteiger partial charge < -0.3 is 19.3 Å². The number of unbranched alkanes of at least 4 members (excludes halogenated alkanes) is 9. The lowest BCUT2D eigenvalue weighted by Crippen LogP contribution is -2.51. The number of rotatable bonds is 14. The average Bonchev–Trinajstić information content (AvgIpc) is 2.98. The predicted octanol–water partition coefficient (Wildman–Crippen LogP) is 8.27. The second-order valence-corrected chi connectivity index (χ2v) is 11.2. The Kier molecular flexibility index (Phi) is 8.23. The third kappa shape index (κ3) is 4.32. The lowest BCUT2D eigenvalue weighted by Gasteiger charge is -2.55. The van der Waals surface area contributed by atoms with Crippen LogP contribution in [0.3, 0.4) is 0 Å². The molecule has 39 heavy (non-hydrogen) atoms. The molecule has 0 aliphatic heterocycles. The summed E-state index contributed by atoms with van der Waals surface area (Å²) in [6.07, 6.45) is 13.9. The topological polar surface area (TPSA) is 47.9 Å². The summed E-state index contributed by atoms with van der Waals surface area (Å²) in [5.41, 5.74) is 3.94. The third-order valence-corrected chi connectivity index (χ3v) is 9.11. The Morgan fingerprint density at radius 2 is 0.897 bits per heavy atom. The Balaban J connectivity index is 1.56. The Bertz CT molecular complexity index is 1160. The first-order valence-electron chi connectivity index (χ1n) is 14.9. The lowest BCUT2D eigenvalue weighted by molar-refractivity contribution is 0.0948. The number of ether oxygens (including phenoxy) is 3. The quantitative estimate of drug-likeness (QED) is 0.214. The van der Waals surface area contributed by atoms with Crippen LogP contribution in [0.15, 0.2) is 54.6 Å². The molecule has 0 saturated heterocycles. The van der Waals surface area contributed by atoms with Crippen LogP contribution in [0.4, 0.5) is 0 Å². The van der Waals surface area contributed by atoms with Gasteiger partial charge in [-0.3, -0.25) is 0 Å². The fraction of sp³-hybridized carbons (Fsp3) is 0.486. The van der Waals surface area contributed by atoms with E-state index in [0.717, 1.165) is 46.2 Å². The van der Waals surface area contributed by atoms with E-state index in [1.54, 1.807) is 21.3 Å². The Hall–Kier alpha value is -2.98. The van der Waals surface area contributed by atoms with E-state index in [0.29, 0.717) is 17.2 Å². The highest BCUT2D eigenvalue weighted by Crippen LogP contribution is 2.67. The first kappa shape index (κ1) is 27.6. The van der Waals surface area contributed by atoms with Crippen LogP contribution in [-0.2, 0) is 11.0 Å². The van der Waals surface area contributed by atoms with Gasteiger partial charge in [-0.1, -0.05) is 108 Å². The van der Waals surface area contributed by atoms with E-state index in [9.17, 15) is 5.11 Å². The van der Waals surface area contributed by atoms with Crippen molar-refractivity contribution in [3.8, 4) is 17.2 Å². The van der Waals surface area contributed by atoms with Gasteiger partial charge in [0.2, 0.25) is 0 Å². The van der Waals surface area contributed by atoms with E-state index in [1.807, 2.05) is 18.2 Å². The van der Waals surface area contributed by atoms with Crippen LogP contribution in [0, 0.1) is 0 Å². The van der Waals surface area contributed by atoms with Crippen molar-refractivity contribution in [1.29, 1.82) is 0 Å². The third-order valence-electron chi connectivity index (χ3n) is 9.11. The molecule has 0 fully saturated rings. The molecule has 0 saturated carbocycles. The van der Waals surface area contributed by atoms with E-state index < -0.39 is 11.0 Å². The molecule has 0 aromatic heterocycles. The molecule has 3 aliphatic rings. The SMILES string of the molecule is CCCCCCCCCCCCC12c3cccc(OC)c3C(O)(c3c(OC)cccc31)c1c(OC)cccc12. The zero-order valence-electron chi connectivity index (χ0n) is 24.1. The lowest BCUT2D eigenvalue weighted by atomic mass is 9.49. The smallest absolute Gasteiger partial charge is 0.152 e. The largest absolute Gasteiger partial charge is 0.496 e. The monoisotopic (exact) mass is 528 g/mol. The van der Waals surface area contributed by atoms with Crippen LogP contribution in [0.5, 0.6) is 17.2 Å². The van der Waals surface area contributed by atoms with Crippen molar-refractivity contribution < 1.29 is 19.3 Å². The van der Waals surface area contributed by atoms with Crippen LogP contribution >= 0.6 is 0 Å². The first-order chi connectivity index (χ1) is 19.1. The number of aliphatic hydroxyl groups is 1. The number of hydrogen-bond donors (Lipinski definition) is 1. The van der Waals surface area contributed by atoms with Gasteiger partial charge in [-0.2, -0.15) is 0 Å². The van der Waals surface area contributed by atoms with Gasteiger partial charge in [0.05, 0.1) is 21.3 Å². The van der Waals surface area contributed by atoms with E-state index in [2.05, 4.69) is 43.3 Å².